The monoisotopic (exact) mass is 692 g/mol. The van der Waals surface area contributed by atoms with Gasteiger partial charge in [0, 0.05) is 27.6 Å². The van der Waals surface area contributed by atoms with E-state index in [1.165, 1.54) is 55.7 Å². The summed E-state index contributed by atoms with van der Waals surface area (Å²) in [6.07, 6.45) is 10.9. The van der Waals surface area contributed by atoms with Gasteiger partial charge < -0.3 is 4.42 Å². The van der Waals surface area contributed by atoms with Gasteiger partial charge in [-0.25, -0.2) is 4.98 Å². The maximum atomic E-state index is 6.84. The zero-order valence-electron chi connectivity index (χ0n) is 30.0. The fourth-order valence-corrected chi connectivity index (χ4v) is 9.78. The lowest BCUT2D eigenvalue weighted by molar-refractivity contribution is 0.666. The second-order valence-corrected chi connectivity index (χ2v) is 14.5. The molecular weight excluding hydrogens is 657 g/mol. The van der Waals surface area contributed by atoms with E-state index in [-0.39, 0.29) is 0 Å². The number of fused-ring (bicyclic) bond motifs is 12. The maximum Gasteiger partial charge on any atom is 0.145 e. The molecule has 0 aliphatic heterocycles. The summed E-state index contributed by atoms with van der Waals surface area (Å²) in [7, 11) is 0. The molecule has 3 aliphatic carbocycles. The van der Waals surface area contributed by atoms with Gasteiger partial charge >= 0.3 is 0 Å². The van der Waals surface area contributed by atoms with Crippen molar-refractivity contribution in [2.75, 3.05) is 0 Å². The van der Waals surface area contributed by atoms with Crippen LogP contribution in [0.4, 0.5) is 0 Å². The number of hydrogen-bond donors (Lipinski definition) is 0. The summed E-state index contributed by atoms with van der Waals surface area (Å²) in [5, 5.41) is 2.31. The molecule has 3 nitrogen and oxygen atoms in total. The van der Waals surface area contributed by atoms with Gasteiger partial charge in [-0.05, 0) is 100 Å². The number of allylic oxidation sites excluding steroid dienone is 9. The third kappa shape index (κ3) is 4.04. The minimum Gasteiger partial charge on any atom is -0.455 e. The molecule has 0 amide bonds. The molecule has 0 saturated carbocycles. The van der Waals surface area contributed by atoms with E-state index in [2.05, 4.69) is 182 Å². The second-order valence-electron chi connectivity index (χ2n) is 14.5. The topological polar surface area (TPSA) is 31.0 Å². The van der Waals surface area contributed by atoms with Crippen molar-refractivity contribution < 1.29 is 4.42 Å². The lowest BCUT2D eigenvalue weighted by atomic mass is 9.66. The summed E-state index contributed by atoms with van der Waals surface area (Å²) in [6, 6.07) is 50.1. The van der Waals surface area contributed by atoms with Gasteiger partial charge in [-0.3, -0.25) is 4.57 Å². The molecule has 1 spiro atoms. The fraction of sp³-hybridized carbons (Fsp3) is 0.0784. The molecule has 256 valence electrons. The predicted octanol–water partition coefficient (Wildman–Crippen LogP) is 13.1. The zero-order valence-corrected chi connectivity index (χ0v) is 30.0. The molecular formula is C51H36N2O. The van der Waals surface area contributed by atoms with Crippen LogP contribution in [0.25, 0.3) is 66.8 Å². The summed E-state index contributed by atoms with van der Waals surface area (Å²) in [5.41, 5.74) is 18.4. The molecule has 1 unspecified atom stereocenters. The Balaban J connectivity index is 1.19. The van der Waals surface area contributed by atoms with Crippen molar-refractivity contribution in [3.8, 4) is 17.1 Å². The smallest absolute Gasteiger partial charge is 0.145 e. The van der Waals surface area contributed by atoms with Crippen molar-refractivity contribution in [2.24, 2.45) is 0 Å². The number of benzene rings is 6. The van der Waals surface area contributed by atoms with Crippen molar-refractivity contribution >= 4 is 49.7 Å². The lowest BCUT2D eigenvalue weighted by Crippen LogP contribution is -2.28. The first kappa shape index (κ1) is 30.9. The molecule has 11 rings (SSSR count). The first-order valence-electron chi connectivity index (χ1n) is 18.8. The van der Waals surface area contributed by atoms with Gasteiger partial charge in [0.15, 0.2) is 0 Å². The van der Waals surface area contributed by atoms with Crippen LogP contribution in [0.5, 0.6) is 0 Å². The third-order valence-corrected chi connectivity index (χ3v) is 11.8. The Labute approximate surface area is 314 Å². The van der Waals surface area contributed by atoms with Crippen molar-refractivity contribution in [2.45, 2.75) is 25.2 Å². The SMILES string of the molecule is C=CC1=C(/C=C\C)C2(C3=C(c4ccc(-n5c(-c6ccccc6)nc6ccccc65)cc4)CCC=C3c3c2ccc2c3oc3ccccc32)c2ccccc21. The van der Waals surface area contributed by atoms with Crippen LogP contribution in [0.2, 0.25) is 0 Å². The Kier molecular flexibility index (Phi) is 6.66. The number of furan rings is 1. The van der Waals surface area contributed by atoms with E-state index in [0.29, 0.717) is 0 Å². The zero-order chi connectivity index (χ0) is 36.0. The van der Waals surface area contributed by atoms with Crippen LogP contribution in [0, 0.1) is 0 Å². The number of nitrogens with zero attached hydrogens (tertiary/aromatic N) is 2. The molecule has 0 radical (unpaired) electrons. The van der Waals surface area contributed by atoms with Crippen molar-refractivity contribution in [1.29, 1.82) is 0 Å². The maximum absolute atomic E-state index is 6.84. The van der Waals surface area contributed by atoms with Gasteiger partial charge in [0.05, 0.1) is 16.4 Å². The van der Waals surface area contributed by atoms with E-state index in [1.54, 1.807) is 0 Å². The first-order valence-corrected chi connectivity index (χ1v) is 18.8. The van der Waals surface area contributed by atoms with Crippen LogP contribution in [0.15, 0.2) is 186 Å². The molecule has 3 aliphatic rings. The lowest BCUT2D eigenvalue weighted by Gasteiger charge is -2.35. The van der Waals surface area contributed by atoms with E-state index >= 15 is 0 Å². The molecule has 6 aromatic carbocycles. The number of hydrogen-bond acceptors (Lipinski definition) is 2. The van der Waals surface area contributed by atoms with Crippen LogP contribution in [0.1, 0.15) is 47.6 Å². The van der Waals surface area contributed by atoms with Gasteiger partial charge in [0.2, 0.25) is 0 Å². The summed E-state index contributed by atoms with van der Waals surface area (Å²) in [4.78, 5) is 5.11. The predicted molar refractivity (Wildman–Crippen MR) is 224 cm³/mol. The standard InChI is InChI=1S/C51H36N2O/c1-3-15-41-35(4-2)37-18-8-10-22-42(37)51(41)43-31-30-39-38-19-9-13-25-46(38)54-49(39)47(43)40-21-14-20-36(48(40)51)32-26-28-34(29-27-32)53-45-24-12-11-23-44(45)52-50(53)33-16-6-5-7-17-33/h3-13,15-19,21-31H,2,14,20H2,1H3/b15-3-. The summed E-state index contributed by atoms with van der Waals surface area (Å²) in [5.74, 6) is 0.940. The molecule has 3 heteroatoms. The van der Waals surface area contributed by atoms with Gasteiger partial charge in [0.25, 0.3) is 0 Å². The highest BCUT2D eigenvalue weighted by Crippen LogP contribution is 2.67. The quantitative estimate of drug-likeness (QED) is 0.180. The number of rotatable bonds is 5. The molecule has 0 saturated heterocycles. The van der Waals surface area contributed by atoms with Gasteiger partial charge in [-0.15, -0.1) is 0 Å². The highest BCUT2D eigenvalue weighted by Gasteiger charge is 2.55. The number of para-hydroxylation sites is 3. The number of imidazole rings is 1. The summed E-state index contributed by atoms with van der Waals surface area (Å²) >= 11 is 0. The van der Waals surface area contributed by atoms with Crippen LogP contribution in [-0.2, 0) is 5.41 Å². The van der Waals surface area contributed by atoms with Gasteiger partial charge in [-0.2, -0.15) is 0 Å². The van der Waals surface area contributed by atoms with E-state index in [4.69, 9.17) is 9.40 Å². The van der Waals surface area contributed by atoms with Crippen molar-refractivity contribution in [3.05, 3.63) is 209 Å². The molecule has 8 aromatic rings. The molecule has 0 bridgehead atoms. The Hall–Kier alpha value is -6.71. The number of aromatic nitrogens is 2. The van der Waals surface area contributed by atoms with E-state index < -0.39 is 5.41 Å². The summed E-state index contributed by atoms with van der Waals surface area (Å²) < 4.78 is 9.13. The molecule has 54 heavy (non-hydrogen) atoms. The van der Waals surface area contributed by atoms with Crippen LogP contribution in [0.3, 0.4) is 0 Å². The Bertz CT molecular complexity index is 3000. The van der Waals surface area contributed by atoms with Crippen molar-refractivity contribution in [3.63, 3.8) is 0 Å². The van der Waals surface area contributed by atoms with Gasteiger partial charge in [-0.1, -0.05) is 140 Å². The summed E-state index contributed by atoms with van der Waals surface area (Å²) in [6.45, 7) is 6.50. The minimum atomic E-state index is -0.531. The minimum absolute atomic E-state index is 0.531. The highest BCUT2D eigenvalue weighted by molar-refractivity contribution is 6.15. The Morgan fingerprint density at radius 3 is 2.37 bits per heavy atom. The van der Waals surface area contributed by atoms with E-state index in [1.807, 2.05) is 0 Å². The first-order chi connectivity index (χ1) is 26.7. The molecule has 2 heterocycles. The normalized spacial score (nSPS) is 17.6. The van der Waals surface area contributed by atoms with E-state index in [9.17, 15) is 0 Å². The molecule has 1 atom stereocenters. The molecule has 2 aromatic heterocycles. The largest absolute Gasteiger partial charge is 0.455 e. The Morgan fingerprint density at radius 2 is 1.52 bits per heavy atom. The van der Waals surface area contributed by atoms with E-state index in [0.717, 1.165) is 62.9 Å². The fourth-order valence-electron chi connectivity index (χ4n) is 9.78. The molecule has 0 N–H and O–H groups in total. The Morgan fingerprint density at radius 1 is 0.741 bits per heavy atom. The second kappa shape index (κ2) is 11.6. The average molecular weight is 693 g/mol. The highest BCUT2D eigenvalue weighted by atomic mass is 16.3. The third-order valence-electron chi connectivity index (χ3n) is 11.8. The van der Waals surface area contributed by atoms with Crippen molar-refractivity contribution in [1.82, 2.24) is 9.55 Å². The van der Waals surface area contributed by atoms with Crippen LogP contribution < -0.4 is 0 Å². The molecule has 0 fully saturated rings. The van der Waals surface area contributed by atoms with Crippen LogP contribution in [-0.4, -0.2) is 9.55 Å². The average Bonchev–Trinajstić information content (AvgIpc) is 3.96. The van der Waals surface area contributed by atoms with Gasteiger partial charge in [0.1, 0.15) is 17.0 Å². The van der Waals surface area contributed by atoms with Crippen LogP contribution >= 0.6 is 0 Å².